The molecule has 174 valence electrons. The van der Waals surface area contributed by atoms with Gasteiger partial charge in [-0.2, -0.15) is 13.2 Å². The summed E-state index contributed by atoms with van der Waals surface area (Å²) in [5.41, 5.74) is 0.146. The predicted molar refractivity (Wildman–Crippen MR) is 119 cm³/mol. The summed E-state index contributed by atoms with van der Waals surface area (Å²) in [5.74, 6) is -0.452. The number of pyridine rings is 1. The largest absolute Gasteiger partial charge is 0.433 e. The number of nitrogens with one attached hydrogen (secondary N) is 3. The molecule has 0 spiro atoms. The minimum Gasteiger partial charge on any atom is -0.370 e. The summed E-state index contributed by atoms with van der Waals surface area (Å²) < 4.78 is 63.6. The Bertz CT molecular complexity index is 1110. The van der Waals surface area contributed by atoms with Crippen LogP contribution in [0.15, 0.2) is 36.4 Å². The number of benzene rings is 1. The molecule has 0 aliphatic rings. The Balaban J connectivity index is 2.06. The first kappa shape index (κ1) is 25.5. The molecule has 0 bridgehead atoms. The molecule has 0 radical (unpaired) electrons. The van der Waals surface area contributed by atoms with Crippen molar-refractivity contribution in [3.8, 4) is 0 Å². The maximum atomic E-state index is 12.9. The first-order chi connectivity index (χ1) is 14.9. The molecule has 3 N–H and O–H groups in total. The number of hydrogen-bond acceptors (Lipinski definition) is 5. The van der Waals surface area contributed by atoms with Gasteiger partial charge >= 0.3 is 6.18 Å². The van der Waals surface area contributed by atoms with Gasteiger partial charge < -0.3 is 10.6 Å². The highest BCUT2D eigenvalue weighted by molar-refractivity contribution is 7.92. The van der Waals surface area contributed by atoms with Crippen molar-refractivity contribution < 1.29 is 26.4 Å². The fourth-order valence-electron chi connectivity index (χ4n) is 2.51. The lowest BCUT2D eigenvalue weighted by Gasteiger charge is -2.12. The van der Waals surface area contributed by atoms with Crippen LogP contribution in [0.3, 0.4) is 0 Å². The molecule has 0 aliphatic carbocycles. The zero-order valence-electron chi connectivity index (χ0n) is 17.3. The number of carbonyl (C=O) groups excluding carboxylic acids is 1. The molecule has 12 heteroatoms. The van der Waals surface area contributed by atoms with Crippen LogP contribution in [-0.2, 0) is 27.5 Å². The van der Waals surface area contributed by atoms with Crippen molar-refractivity contribution in [1.29, 1.82) is 0 Å². The SMILES string of the molecule is CCCNc1nc(C(F)(F)F)ccc1/C=C\C(=O)NCc1ccc(NS(C)(=O)=O)c(Cl)c1. The van der Waals surface area contributed by atoms with Crippen LogP contribution < -0.4 is 15.4 Å². The van der Waals surface area contributed by atoms with E-state index in [0.29, 0.717) is 24.1 Å². The average molecular weight is 491 g/mol. The zero-order valence-corrected chi connectivity index (χ0v) is 18.8. The standard InChI is InChI=1S/C20H22ClF3N4O3S/c1-3-10-25-19-14(5-8-17(27-19)20(22,23)24)6-9-18(29)26-12-13-4-7-16(15(21)11-13)28-32(2,30)31/h4-9,11,28H,3,10,12H2,1-2H3,(H,25,27)(H,26,29)/b9-6-. The van der Waals surface area contributed by atoms with E-state index in [9.17, 15) is 26.4 Å². The van der Waals surface area contributed by atoms with Crippen LogP contribution >= 0.6 is 11.6 Å². The van der Waals surface area contributed by atoms with Gasteiger partial charge in [-0.15, -0.1) is 0 Å². The van der Waals surface area contributed by atoms with Gasteiger partial charge in [-0.3, -0.25) is 9.52 Å². The number of anilines is 2. The molecule has 2 rings (SSSR count). The first-order valence-corrected chi connectivity index (χ1v) is 11.7. The van der Waals surface area contributed by atoms with Gasteiger partial charge in [0.05, 0.1) is 17.0 Å². The second-order valence-electron chi connectivity index (χ2n) is 6.80. The van der Waals surface area contributed by atoms with Gasteiger partial charge in [0.2, 0.25) is 15.9 Å². The quantitative estimate of drug-likeness (QED) is 0.456. The van der Waals surface area contributed by atoms with E-state index < -0.39 is 27.8 Å². The number of amides is 1. The molecule has 7 nitrogen and oxygen atoms in total. The topological polar surface area (TPSA) is 100 Å². The minimum atomic E-state index is -4.57. The third-order valence-electron chi connectivity index (χ3n) is 3.97. The Morgan fingerprint density at radius 3 is 2.53 bits per heavy atom. The van der Waals surface area contributed by atoms with Gasteiger partial charge in [-0.1, -0.05) is 24.6 Å². The summed E-state index contributed by atoms with van der Waals surface area (Å²) >= 11 is 6.05. The van der Waals surface area contributed by atoms with E-state index in [4.69, 9.17) is 11.6 Å². The number of sulfonamides is 1. The lowest BCUT2D eigenvalue weighted by Crippen LogP contribution is -2.20. The highest BCUT2D eigenvalue weighted by Gasteiger charge is 2.32. The number of alkyl halides is 3. The smallest absolute Gasteiger partial charge is 0.370 e. The molecule has 0 saturated heterocycles. The highest BCUT2D eigenvalue weighted by Crippen LogP contribution is 2.30. The highest BCUT2D eigenvalue weighted by atomic mass is 35.5. The Morgan fingerprint density at radius 2 is 1.94 bits per heavy atom. The summed E-state index contributed by atoms with van der Waals surface area (Å²) in [6.45, 7) is 2.39. The number of rotatable bonds is 9. The van der Waals surface area contributed by atoms with E-state index in [0.717, 1.165) is 12.3 Å². The normalized spacial score (nSPS) is 12.1. The summed E-state index contributed by atoms with van der Waals surface area (Å²) in [6.07, 6.45) is -0.340. The van der Waals surface area contributed by atoms with Crippen LogP contribution in [0, 0.1) is 0 Å². The van der Waals surface area contributed by atoms with E-state index in [-0.39, 0.29) is 23.1 Å². The Labute approximate surface area is 189 Å². The van der Waals surface area contributed by atoms with E-state index in [1.807, 2.05) is 6.92 Å². The summed E-state index contributed by atoms with van der Waals surface area (Å²) in [6, 6.07) is 6.66. The molecule has 1 aromatic heterocycles. The van der Waals surface area contributed by atoms with Crippen molar-refractivity contribution in [3.05, 3.63) is 58.3 Å². The summed E-state index contributed by atoms with van der Waals surface area (Å²) in [7, 11) is -3.48. The van der Waals surface area contributed by atoms with Gasteiger partial charge in [0.15, 0.2) is 0 Å². The molecule has 0 aliphatic heterocycles. The molecule has 2 aromatic rings. The lowest BCUT2D eigenvalue weighted by atomic mass is 10.2. The zero-order chi connectivity index (χ0) is 23.9. The van der Waals surface area contributed by atoms with E-state index >= 15 is 0 Å². The van der Waals surface area contributed by atoms with Crippen LogP contribution in [0.1, 0.15) is 30.2 Å². The maximum absolute atomic E-state index is 12.9. The Kier molecular flexibility index (Phi) is 8.51. The molecule has 1 heterocycles. The minimum absolute atomic E-state index is 0.0338. The molecule has 0 atom stereocenters. The third-order valence-corrected chi connectivity index (χ3v) is 4.87. The third kappa shape index (κ3) is 8.04. The van der Waals surface area contributed by atoms with Crippen molar-refractivity contribution in [2.75, 3.05) is 22.8 Å². The molecular formula is C20H22ClF3N4O3S. The number of carbonyl (C=O) groups is 1. The van der Waals surface area contributed by atoms with E-state index in [1.54, 1.807) is 6.07 Å². The molecule has 0 saturated carbocycles. The van der Waals surface area contributed by atoms with Crippen molar-refractivity contribution in [3.63, 3.8) is 0 Å². The Hall–Kier alpha value is -2.79. The van der Waals surface area contributed by atoms with Crippen LogP contribution in [0.4, 0.5) is 24.7 Å². The summed E-state index contributed by atoms with van der Waals surface area (Å²) in [5, 5.41) is 5.61. The maximum Gasteiger partial charge on any atom is 0.433 e. The van der Waals surface area contributed by atoms with Crippen molar-refractivity contribution in [2.24, 2.45) is 0 Å². The predicted octanol–water partition coefficient (Wildman–Crippen LogP) is 4.28. The summed E-state index contributed by atoms with van der Waals surface area (Å²) in [4.78, 5) is 15.8. The van der Waals surface area contributed by atoms with Gasteiger partial charge in [0.25, 0.3) is 0 Å². The van der Waals surface area contributed by atoms with Gasteiger partial charge in [-0.25, -0.2) is 13.4 Å². The van der Waals surface area contributed by atoms with Gasteiger partial charge in [0, 0.05) is 24.7 Å². The second-order valence-corrected chi connectivity index (χ2v) is 8.95. The molecular weight excluding hydrogens is 469 g/mol. The molecule has 1 amide bonds. The van der Waals surface area contributed by atoms with Crippen molar-refractivity contribution in [2.45, 2.75) is 26.1 Å². The molecule has 0 unspecified atom stereocenters. The molecule has 0 fully saturated rings. The average Bonchev–Trinajstić information content (AvgIpc) is 2.69. The fraction of sp³-hybridized carbons (Fsp3) is 0.300. The van der Waals surface area contributed by atoms with Gasteiger partial charge in [0.1, 0.15) is 11.5 Å². The van der Waals surface area contributed by atoms with Crippen LogP contribution in [0.5, 0.6) is 0 Å². The number of halogens is 4. The van der Waals surface area contributed by atoms with Crippen molar-refractivity contribution in [1.82, 2.24) is 10.3 Å². The van der Waals surface area contributed by atoms with Crippen LogP contribution in [0.25, 0.3) is 6.08 Å². The lowest BCUT2D eigenvalue weighted by molar-refractivity contribution is -0.141. The van der Waals surface area contributed by atoms with Crippen LogP contribution in [0.2, 0.25) is 5.02 Å². The molecule has 1 aromatic carbocycles. The monoisotopic (exact) mass is 490 g/mol. The van der Waals surface area contributed by atoms with Crippen LogP contribution in [-0.4, -0.2) is 32.1 Å². The van der Waals surface area contributed by atoms with Gasteiger partial charge in [-0.05, 0) is 42.3 Å². The number of aromatic nitrogens is 1. The van der Waals surface area contributed by atoms with E-state index in [2.05, 4.69) is 20.3 Å². The Morgan fingerprint density at radius 1 is 1.22 bits per heavy atom. The molecule has 32 heavy (non-hydrogen) atoms. The van der Waals surface area contributed by atoms with E-state index in [1.165, 1.54) is 30.4 Å². The van der Waals surface area contributed by atoms with Crippen molar-refractivity contribution >= 4 is 45.1 Å². The number of hydrogen-bond donors (Lipinski definition) is 3. The first-order valence-electron chi connectivity index (χ1n) is 9.43. The number of nitrogens with zero attached hydrogens (tertiary/aromatic N) is 1. The fourth-order valence-corrected chi connectivity index (χ4v) is 3.40. The second kappa shape index (κ2) is 10.7.